The standard InChI is InChI=1S/C15H24N2O3S/c1-5-9-17(10-6-2)21(18,19)15-8-7-14(20-15)12-16-11-13(3)4/h5-8,13,16H,1-2,9-12H2,3-4H3. The summed E-state index contributed by atoms with van der Waals surface area (Å²) < 4.78 is 31.6. The zero-order chi connectivity index (χ0) is 15.9. The van der Waals surface area contributed by atoms with Gasteiger partial charge in [0.25, 0.3) is 10.0 Å². The molecule has 0 amide bonds. The molecule has 0 spiro atoms. The van der Waals surface area contributed by atoms with Gasteiger partial charge in [0.15, 0.2) is 0 Å². The maximum Gasteiger partial charge on any atom is 0.277 e. The Morgan fingerprint density at radius 1 is 1.29 bits per heavy atom. The molecule has 0 radical (unpaired) electrons. The summed E-state index contributed by atoms with van der Waals surface area (Å²) in [5.74, 6) is 1.13. The van der Waals surface area contributed by atoms with Gasteiger partial charge in [0, 0.05) is 13.1 Å². The predicted molar refractivity (Wildman–Crippen MR) is 84.4 cm³/mol. The molecule has 0 bridgehead atoms. The lowest BCUT2D eigenvalue weighted by molar-refractivity contribution is 0.377. The van der Waals surface area contributed by atoms with Crippen molar-refractivity contribution in [3.8, 4) is 0 Å². The number of nitrogens with one attached hydrogen (secondary N) is 1. The van der Waals surface area contributed by atoms with Crippen LogP contribution in [0.15, 0.2) is 47.0 Å². The minimum absolute atomic E-state index is 0.0486. The SMILES string of the molecule is C=CCN(CC=C)S(=O)(=O)c1ccc(CNCC(C)C)o1. The number of nitrogens with zero attached hydrogens (tertiary/aromatic N) is 1. The number of hydrogen-bond donors (Lipinski definition) is 1. The van der Waals surface area contributed by atoms with E-state index in [4.69, 9.17) is 4.42 Å². The third-order valence-corrected chi connectivity index (χ3v) is 4.45. The second-order valence-corrected chi connectivity index (χ2v) is 7.01. The zero-order valence-corrected chi connectivity index (χ0v) is 13.5. The smallest absolute Gasteiger partial charge is 0.277 e. The molecule has 1 aromatic heterocycles. The normalized spacial score (nSPS) is 12.0. The fourth-order valence-corrected chi connectivity index (χ4v) is 3.07. The molecule has 118 valence electrons. The Hall–Kier alpha value is -1.37. The largest absolute Gasteiger partial charge is 0.447 e. The molecule has 21 heavy (non-hydrogen) atoms. The molecule has 0 fully saturated rings. The van der Waals surface area contributed by atoms with Crippen LogP contribution in [0.1, 0.15) is 19.6 Å². The average Bonchev–Trinajstić information content (AvgIpc) is 2.87. The second-order valence-electron chi connectivity index (χ2n) is 5.14. The van der Waals surface area contributed by atoms with Crippen molar-refractivity contribution in [3.05, 3.63) is 43.2 Å². The summed E-state index contributed by atoms with van der Waals surface area (Å²) in [6.45, 7) is 13.1. The van der Waals surface area contributed by atoms with E-state index >= 15 is 0 Å². The number of furan rings is 1. The van der Waals surface area contributed by atoms with Crippen LogP contribution in [0, 0.1) is 5.92 Å². The number of rotatable bonds is 10. The van der Waals surface area contributed by atoms with Crippen molar-refractivity contribution in [2.24, 2.45) is 5.92 Å². The minimum atomic E-state index is -3.65. The maximum absolute atomic E-state index is 12.4. The van der Waals surface area contributed by atoms with E-state index in [1.165, 1.54) is 22.5 Å². The van der Waals surface area contributed by atoms with Gasteiger partial charge in [0.1, 0.15) is 5.76 Å². The number of sulfonamides is 1. The maximum atomic E-state index is 12.4. The fourth-order valence-electron chi connectivity index (χ4n) is 1.76. The van der Waals surface area contributed by atoms with Crippen molar-refractivity contribution < 1.29 is 12.8 Å². The summed E-state index contributed by atoms with van der Waals surface area (Å²) in [4.78, 5) is 0. The van der Waals surface area contributed by atoms with Gasteiger partial charge in [-0.2, -0.15) is 4.31 Å². The molecule has 0 saturated heterocycles. The molecule has 0 unspecified atom stereocenters. The molecule has 0 aliphatic rings. The van der Waals surface area contributed by atoms with Crippen molar-refractivity contribution in [2.75, 3.05) is 19.6 Å². The first-order valence-corrected chi connectivity index (χ1v) is 8.37. The molecule has 1 rings (SSSR count). The van der Waals surface area contributed by atoms with Crippen molar-refractivity contribution in [2.45, 2.75) is 25.5 Å². The van der Waals surface area contributed by atoms with Crippen molar-refractivity contribution >= 4 is 10.0 Å². The molecule has 0 aliphatic heterocycles. The lowest BCUT2D eigenvalue weighted by Crippen LogP contribution is -2.31. The highest BCUT2D eigenvalue weighted by molar-refractivity contribution is 7.89. The molecule has 0 saturated carbocycles. The first-order valence-electron chi connectivity index (χ1n) is 6.93. The predicted octanol–water partition coefficient (Wildman–Crippen LogP) is 2.39. The van der Waals surface area contributed by atoms with E-state index in [-0.39, 0.29) is 18.2 Å². The number of hydrogen-bond acceptors (Lipinski definition) is 4. The molecular weight excluding hydrogens is 288 g/mol. The van der Waals surface area contributed by atoms with E-state index in [9.17, 15) is 8.42 Å². The van der Waals surface area contributed by atoms with Gasteiger partial charge in [0.2, 0.25) is 5.09 Å². The van der Waals surface area contributed by atoms with Crippen LogP contribution in [-0.2, 0) is 16.6 Å². The van der Waals surface area contributed by atoms with Crippen LogP contribution in [-0.4, -0.2) is 32.4 Å². The Labute approximate surface area is 127 Å². The Morgan fingerprint density at radius 3 is 2.43 bits per heavy atom. The molecule has 5 nitrogen and oxygen atoms in total. The van der Waals surface area contributed by atoms with Gasteiger partial charge in [-0.1, -0.05) is 26.0 Å². The minimum Gasteiger partial charge on any atom is -0.447 e. The van der Waals surface area contributed by atoms with Gasteiger partial charge in [-0.3, -0.25) is 0 Å². The van der Waals surface area contributed by atoms with Gasteiger partial charge in [-0.05, 0) is 24.6 Å². The van der Waals surface area contributed by atoms with E-state index in [0.717, 1.165) is 6.54 Å². The monoisotopic (exact) mass is 312 g/mol. The van der Waals surface area contributed by atoms with E-state index in [2.05, 4.69) is 32.3 Å². The van der Waals surface area contributed by atoms with Gasteiger partial charge in [-0.25, -0.2) is 8.42 Å². The fraction of sp³-hybridized carbons (Fsp3) is 0.467. The van der Waals surface area contributed by atoms with E-state index < -0.39 is 10.0 Å². The molecule has 1 N–H and O–H groups in total. The first kappa shape index (κ1) is 17.7. The highest BCUT2D eigenvalue weighted by Gasteiger charge is 2.25. The summed E-state index contributed by atoms with van der Waals surface area (Å²) in [5.41, 5.74) is 0. The van der Waals surface area contributed by atoms with E-state index in [0.29, 0.717) is 18.2 Å². The molecule has 0 atom stereocenters. The van der Waals surface area contributed by atoms with Gasteiger partial charge in [-0.15, -0.1) is 13.2 Å². The van der Waals surface area contributed by atoms with E-state index in [1.807, 2.05) is 0 Å². The molecular formula is C15H24N2O3S. The summed E-state index contributed by atoms with van der Waals surface area (Å²) >= 11 is 0. The third-order valence-electron chi connectivity index (χ3n) is 2.75. The summed E-state index contributed by atoms with van der Waals surface area (Å²) in [6, 6.07) is 3.17. The van der Waals surface area contributed by atoms with Crippen molar-refractivity contribution in [3.63, 3.8) is 0 Å². The quantitative estimate of drug-likeness (QED) is 0.674. The van der Waals surface area contributed by atoms with Crippen molar-refractivity contribution in [1.82, 2.24) is 9.62 Å². The topological polar surface area (TPSA) is 62.6 Å². The first-order chi connectivity index (χ1) is 9.91. The molecule has 1 aromatic rings. The van der Waals surface area contributed by atoms with Crippen LogP contribution in [0.2, 0.25) is 0 Å². The Morgan fingerprint density at radius 2 is 1.90 bits per heavy atom. The van der Waals surface area contributed by atoms with E-state index in [1.54, 1.807) is 6.07 Å². The van der Waals surface area contributed by atoms with Gasteiger partial charge >= 0.3 is 0 Å². The van der Waals surface area contributed by atoms with Crippen LogP contribution >= 0.6 is 0 Å². The molecule has 0 aromatic carbocycles. The Balaban J connectivity index is 2.81. The van der Waals surface area contributed by atoms with Crippen LogP contribution in [0.25, 0.3) is 0 Å². The summed E-state index contributed by atoms with van der Waals surface area (Å²) in [5, 5.41) is 3.16. The second kappa shape index (κ2) is 8.17. The van der Waals surface area contributed by atoms with Crippen LogP contribution < -0.4 is 5.32 Å². The molecule has 6 heteroatoms. The lowest BCUT2D eigenvalue weighted by atomic mass is 10.2. The summed E-state index contributed by atoms with van der Waals surface area (Å²) in [6.07, 6.45) is 3.07. The highest BCUT2D eigenvalue weighted by atomic mass is 32.2. The Bertz CT molecular complexity index is 551. The van der Waals surface area contributed by atoms with Gasteiger partial charge < -0.3 is 9.73 Å². The van der Waals surface area contributed by atoms with Crippen LogP contribution in [0.3, 0.4) is 0 Å². The summed E-state index contributed by atoms with van der Waals surface area (Å²) in [7, 11) is -3.65. The Kier molecular flexibility index (Phi) is 6.87. The van der Waals surface area contributed by atoms with Crippen LogP contribution in [0.5, 0.6) is 0 Å². The molecule has 1 heterocycles. The van der Waals surface area contributed by atoms with Crippen molar-refractivity contribution in [1.29, 1.82) is 0 Å². The highest BCUT2D eigenvalue weighted by Crippen LogP contribution is 2.19. The molecule has 0 aliphatic carbocycles. The third kappa shape index (κ3) is 5.15. The van der Waals surface area contributed by atoms with Crippen LogP contribution in [0.4, 0.5) is 0 Å². The zero-order valence-electron chi connectivity index (χ0n) is 12.7. The van der Waals surface area contributed by atoms with Gasteiger partial charge in [0.05, 0.1) is 6.54 Å². The lowest BCUT2D eigenvalue weighted by Gasteiger charge is -2.16. The average molecular weight is 312 g/mol.